The molecule has 108 valence electrons. The molecule has 2 aromatic rings. The van der Waals surface area contributed by atoms with Crippen LogP contribution in [-0.4, -0.2) is 23.7 Å². The van der Waals surface area contributed by atoms with Gasteiger partial charge in [-0.25, -0.2) is 4.79 Å². The number of hydrogen-bond donors (Lipinski definition) is 0. The van der Waals surface area contributed by atoms with Crippen molar-refractivity contribution >= 4 is 27.7 Å². The molecule has 21 heavy (non-hydrogen) atoms. The van der Waals surface area contributed by atoms with Crippen LogP contribution in [0, 0.1) is 0 Å². The van der Waals surface area contributed by atoms with Crippen molar-refractivity contribution in [3.05, 3.63) is 59.7 Å². The zero-order chi connectivity index (χ0) is 15.2. The summed E-state index contributed by atoms with van der Waals surface area (Å²) in [5.74, 6) is -0.314. The molecule has 4 heteroatoms. The van der Waals surface area contributed by atoms with Gasteiger partial charge < -0.3 is 4.74 Å². The lowest BCUT2D eigenvalue weighted by molar-refractivity contribution is 0.0526. The van der Waals surface area contributed by atoms with Crippen LogP contribution >= 0.6 is 15.9 Å². The molecule has 0 bridgehead atoms. The number of Topliss-reactive ketones (excluding diaryl/α,β-unsaturated/α-hetero) is 1. The first-order chi connectivity index (χ1) is 10.2. The summed E-state index contributed by atoms with van der Waals surface area (Å²) in [5.41, 5.74) is 2.93. The van der Waals surface area contributed by atoms with Crippen molar-refractivity contribution in [1.82, 2.24) is 0 Å². The van der Waals surface area contributed by atoms with Gasteiger partial charge in [-0.1, -0.05) is 46.3 Å². The Balaban J connectivity index is 2.36. The number of carbonyl (C=O) groups is 2. The number of benzene rings is 2. The van der Waals surface area contributed by atoms with E-state index in [0.717, 1.165) is 11.1 Å². The molecule has 0 radical (unpaired) electrons. The molecule has 0 amide bonds. The average Bonchev–Trinajstić information content (AvgIpc) is 2.54. The van der Waals surface area contributed by atoms with Crippen molar-refractivity contribution in [3.8, 4) is 11.1 Å². The number of ketones is 1. The summed E-state index contributed by atoms with van der Waals surface area (Å²) >= 11 is 3.17. The fourth-order valence-electron chi connectivity index (χ4n) is 1.99. The third-order valence-electron chi connectivity index (χ3n) is 3.01. The smallest absolute Gasteiger partial charge is 0.338 e. The molecular weight excluding hydrogens is 332 g/mol. The van der Waals surface area contributed by atoms with Crippen LogP contribution < -0.4 is 0 Å². The van der Waals surface area contributed by atoms with Gasteiger partial charge in [-0.15, -0.1) is 0 Å². The highest BCUT2D eigenvalue weighted by atomic mass is 79.9. The Bertz CT molecular complexity index is 665. The Labute approximate surface area is 132 Å². The molecule has 0 spiro atoms. The summed E-state index contributed by atoms with van der Waals surface area (Å²) in [6, 6.07) is 14.6. The van der Waals surface area contributed by atoms with Crippen LogP contribution in [0.4, 0.5) is 0 Å². The first-order valence-electron chi connectivity index (χ1n) is 6.62. The molecule has 2 aromatic carbocycles. The van der Waals surface area contributed by atoms with E-state index in [9.17, 15) is 9.59 Å². The largest absolute Gasteiger partial charge is 0.462 e. The van der Waals surface area contributed by atoms with E-state index in [0.29, 0.717) is 23.1 Å². The predicted molar refractivity (Wildman–Crippen MR) is 86.0 cm³/mol. The van der Waals surface area contributed by atoms with Gasteiger partial charge in [0.05, 0.1) is 17.5 Å². The summed E-state index contributed by atoms with van der Waals surface area (Å²) in [4.78, 5) is 23.5. The molecule has 0 N–H and O–H groups in total. The maximum absolute atomic E-state index is 11.8. The summed E-state index contributed by atoms with van der Waals surface area (Å²) in [6.45, 7) is 2.12. The minimum absolute atomic E-state index is 0.0263. The molecule has 2 rings (SSSR count). The van der Waals surface area contributed by atoms with E-state index >= 15 is 0 Å². The van der Waals surface area contributed by atoms with E-state index in [1.54, 1.807) is 31.2 Å². The predicted octanol–water partition coefficient (Wildman–Crippen LogP) is 4.11. The number of alkyl halides is 1. The lowest BCUT2D eigenvalue weighted by atomic mass is 10.00. The van der Waals surface area contributed by atoms with Crippen molar-refractivity contribution in [2.24, 2.45) is 0 Å². The van der Waals surface area contributed by atoms with E-state index in [2.05, 4.69) is 15.9 Å². The van der Waals surface area contributed by atoms with Gasteiger partial charge >= 0.3 is 5.97 Å². The van der Waals surface area contributed by atoms with Gasteiger partial charge in [-0.2, -0.15) is 0 Å². The molecule has 0 saturated carbocycles. The van der Waals surface area contributed by atoms with Crippen LogP contribution in [0.5, 0.6) is 0 Å². The minimum atomic E-state index is -0.341. The molecular formula is C17H15BrO3. The maximum atomic E-state index is 11.8. The second kappa shape index (κ2) is 7.18. The quantitative estimate of drug-likeness (QED) is 0.464. The number of halogens is 1. The molecule has 0 heterocycles. The van der Waals surface area contributed by atoms with Gasteiger partial charge in [-0.05, 0) is 36.2 Å². The Morgan fingerprint density at radius 1 is 1.00 bits per heavy atom. The number of rotatable bonds is 5. The molecule has 0 fully saturated rings. The van der Waals surface area contributed by atoms with Gasteiger partial charge in [0.15, 0.2) is 5.78 Å². The summed E-state index contributed by atoms with van der Waals surface area (Å²) in [5, 5.41) is 0.291. The highest BCUT2D eigenvalue weighted by Gasteiger charge is 2.09. The lowest BCUT2D eigenvalue weighted by Gasteiger charge is -2.07. The second-order valence-corrected chi connectivity index (χ2v) is 5.00. The molecule has 0 aromatic heterocycles. The van der Waals surface area contributed by atoms with Gasteiger partial charge in [-0.3, -0.25) is 4.79 Å². The Morgan fingerprint density at radius 2 is 1.57 bits per heavy atom. The van der Waals surface area contributed by atoms with Gasteiger partial charge in [0.1, 0.15) is 0 Å². The fourth-order valence-corrected chi connectivity index (χ4v) is 2.31. The molecule has 3 nitrogen and oxygen atoms in total. The van der Waals surface area contributed by atoms with Gasteiger partial charge in [0.2, 0.25) is 0 Å². The SMILES string of the molecule is CCOC(=O)c1cccc(-c2cccc(C(=O)CBr)c2)c1. The number of ether oxygens (including phenoxy) is 1. The van der Waals surface area contributed by atoms with Crippen LogP contribution in [-0.2, 0) is 4.74 Å². The number of hydrogen-bond acceptors (Lipinski definition) is 3. The topological polar surface area (TPSA) is 43.4 Å². The molecule has 0 unspecified atom stereocenters. The van der Waals surface area contributed by atoms with E-state index in [1.165, 1.54) is 0 Å². The third-order valence-corrected chi connectivity index (χ3v) is 3.52. The first kappa shape index (κ1) is 15.4. The lowest BCUT2D eigenvalue weighted by Crippen LogP contribution is -2.04. The van der Waals surface area contributed by atoms with E-state index in [-0.39, 0.29) is 11.8 Å². The van der Waals surface area contributed by atoms with E-state index in [1.807, 2.05) is 24.3 Å². The molecule has 0 saturated heterocycles. The Hall–Kier alpha value is -1.94. The second-order valence-electron chi connectivity index (χ2n) is 4.44. The number of carbonyl (C=O) groups excluding carboxylic acids is 2. The van der Waals surface area contributed by atoms with Crippen molar-refractivity contribution in [2.75, 3.05) is 11.9 Å². The monoisotopic (exact) mass is 346 g/mol. The highest BCUT2D eigenvalue weighted by molar-refractivity contribution is 9.09. The van der Waals surface area contributed by atoms with Gasteiger partial charge in [0.25, 0.3) is 0 Å². The highest BCUT2D eigenvalue weighted by Crippen LogP contribution is 2.22. The van der Waals surface area contributed by atoms with Crippen molar-refractivity contribution in [2.45, 2.75) is 6.92 Å². The Kier molecular flexibility index (Phi) is 5.28. The summed E-state index contributed by atoms with van der Waals surface area (Å²) in [7, 11) is 0. The molecule has 0 atom stereocenters. The van der Waals surface area contributed by atoms with Crippen molar-refractivity contribution in [3.63, 3.8) is 0 Å². The van der Waals surface area contributed by atoms with E-state index < -0.39 is 0 Å². The normalized spacial score (nSPS) is 10.2. The molecule has 0 aliphatic rings. The maximum Gasteiger partial charge on any atom is 0.338 e. The molecule has 0 aliphatic carbocycles. The van der Waals surface area contributed by atoms with Crippen LogP contribution in [0.1, 0.15) is 27.6 Å². The van der Waals surface area contributed by atoms with Crippen LogP contribution in [0.2, 0.25) is 0 Å². The van der Waals surface area contributed by atoms with E-state index in [4.69, 9.17) is 4.74 Å². The molecule has 0 aliphatic heterocycles. The first-order valence-corrected chi connectivity index (χ1v) is 7.74. The van der Waals surface area contributed by atoms with Crippen molar-refractivity contribution < 1.29 is 14.3 Å². The standard InChI is InChI=1S/C17H15BrO3/c1-2-21-17(20)15-8-4-6-13(10-15)12-5-3-7-14(9-12)16(19)11-18/h3-10H,2,11H2,1H3. The van der Waals surface area contributed by atoms with Crippen LogP contribution in [0.25, 0.3) is 11.1 Å². The average molecular weight is 347 g/mol. The van der Waals surface area contributed by atoms with Crippen molar-refractivity contribution in [1.29, 1.82) is 0 Å². The zero-order valence-corrected chi connectivity index (χ0v) is 13.2. The van der Waals surface area contributed by atoms with Crippen LogP contribution in [0.15, 0.2) is 48.5 Å². The Morgan fingerprint density at radius 3 is 2.14 bits per heavy atom. The minimum Gasteiger partial charge on any atom is -0.462 e. The number of esters is 1. The summed E-state index contributed by atoms with van der Waals surface area (Å²) in [6.07, 6.45) is 0. The van der Waals surface area contributed by atoms with Crippen LogP contribution in [0.3, 0.4) is 0 Å². The fraction of sp³-hybridized carbons (Fsp3) is 0.176. The zero-order valence-electron chi connectivity index (χ0n) is 11.6. The summed E-state index contributed by atoms with van der Waals surface area (Å²) < 4.78 is 5.00. The third kappa shape index (κ3) is 3.79. The van der Waals surface area contributed by atoms with Gasteiger partial charge in [0, 0.05) is 5.56 Å².